The topological polar surface area (TPSA) is 121 Å². The number of fused-ring (bicyclic) bond motifs is 1. The van der Waals surface area contributed by atoms with Crippen LogP contribution in [-0.4, -0.2) is 35.4 Å². The second-order valence-electron chi connectivity index (χ2n) is 6.30. The van der Waals surface area contributed by atoms with Gasteiger partial charge < -0.3 is 19.8 Å². The van der Waals surface area contributed by atoms with Crippen molar-refractivity contribution in [2.75, 3.05) is 20.3 Å². The van der Waals surface area contributed by atoms with Crippen molar-refractivity contribution in [2.45, 2.75) is 17.9 Å². The monoisotopic (exact) mass is 421 g/mol. The van der Waals surface area contributed by atoms with Crippen molar-refractivity contribution in [3.05, 3.63) is 68.7 Å². The number of aromatic amines is 1. The Balaban J connectivity index is 1.66. The van der Waals surface area contributed by atoms with Gasteiger partial charge in [-0.05, 0) is 29.8 Å². The van der Waals surface area contributed by atoms with E-state index in [0.29, 0.717) is 19.6 Å². The van der Waals surface area contributed by atoms with E-state index in [1.165, 1.54) is 31.4 Å². The number of ether oxygens (including phenoxy) is 2. The minimum absolute atomic E-state index is 0.0131. The molecule has 154 valence electrons. The van der Waals surface area contributed by atoms with Gasteiger partial charge in [-0.1, -0.05) is 6.08 Å². The van der Waals surface area contributed by atoms with Crippen LogP contribution in [0.25, 0.3) is 0 Å². The van der Waals surface area contributed by atoms with Crippen LogP contribution in [0.15, 0.2) is 45.4 Å². The van der Waals surface area contributed by atoms with Crippen molar-refractivity contribution in [3.8, 4) is 5.75 Å². The fraction of sp³-hybridized carbons (Fsp3) is 0.263. The maximum atomic E-state index is 13.8. The van der Waals surface area contributed by atoms with E-state index in [2.05, 4.69) is 10.3 Å². The van der Waals surface area contributed by atoms with Crippen LogP contribution in [0.1, 0.15) is 21.6 Å². The van der Waals surface area contributed by atoms with Gasteiger partial charge in [0, 0.05) is 24.1 Å². The van der Waals surface area contributed by atoms with Gasteiger partial charge in [0.2, 0.25) is 0 Å². The summed E-state index contributed by atoms with van der Waals surface area (Å²) in [7, 11) is -2.10. The second kappa shape index (κ2) is 8.58. The van der Waals surface area contributed by atoms with Gasteiger partial charge in [0.25, 0.3) is 11.5 Å². The molecule has 2 heterocycles. The van der Waals surface area contributed by atoms with Crippen LogP contribution in [0.2, 0.25) is 0 Å². The van der Waals surface area contributed by atoms with Crippen molar-refractivity contribution >= 4 is 15.6 Å². The first-order valence-electron chi connectivity index (χ1n) is 8.72. The number of carbonyl (C=O) groups excluding carboxylic acids is 1. The van der Waals surface area contributed by atoms with Crippen LogP contribution >= 0.6 is 0 Å². The number of halogens is 1. The fourth-order valence-corrected chi connectivity index (χ4v) is 3.91. The molecule has 1 aliphatic heterocycles. The third-order valence-corrected chi connectivity index (χ3v) is 5.89. The molecule has 29 heavy (non-hydrogen) atoms. The Hall–Kier alpha value is -2.98. The zero-order valence-corrected chi connectivity index (χ0v) is 16.4. The molecular weight excluding hydrogens is 401 g/mol. The molecule has 1 atom stereocenters. The lowest BCUT2D eigenvalue weighted by molar-refractivity contribution is 0.0953. The highest BCUT2D eigenvalue weighted by atomic mass is 32.2. The largest absolute Gasteiger partial charge is 0.494 e. The first-order chi connectivity index (χ1) is 13.8. The third kappa shape index (κ3) is 4.72. The van der Waals surface area contributed by atoms with E-state index < -0.39 is 27.0 Å². The van der Waals surface area contributed by atoms with Crippen LogP contribution < -0.4 is 15.6 Å². The van der Waals surface area contributed by atoms with Crippen molar-refractivity contribution < 1.29 is 22.9 Å². The first-order valence-corrected chi connectivity index (χ1v) is 10.3. The van der Waals surface area contributed by atoms with Gasteiger partial charge in [0.1, 0.15) is 5.56 Å². The van der Waals surface area contributed by atoms with Crippen LogP contribution in [0.4, 0.5) is 4.39 Å². The summed E-state index contributed by atoms with van der Waals surface area (Å²) in [4.78, 5) is 27.0. The first kappa shape index (κ1) is 20.7. The van der Waals surface area contributed by atoms with Crippen molar-refractivity contribution in [1.29, 1.82) is 4.78 Å². The Kier molecular flexibility index (Phi) is 6.14. The van der Waals surface area contributed by atoms with E-state index in [1.807, 2.05) is 0 Å². The number of hydrogen-bond acceptors (Lipinski definition) is 6. The van der Waals surface area contributed by atoms with Crippen molar-refractivity contribution in [1.82, 2.24) is 10.3 Å². The quantitative estimate of drug-likeness (QED) is 0.658. The number of benzene rings is 1. The normalized spacial score (nSPS) is 15.5. The molecule has 1 aliphatic rings. The Morgan fingerprint density at radius 1 is 1.45 bits per heavy atom. The molecule has 0 bridgehead atoms. The minimum atomic E-state index is -3.40. The molecule has 0 saturated carbocycles. The number of H-pyrrole nitrogens is 1. The molecule has 0 fully saturated rings. The Bertz CT molecular complexity index is 1130. The molecule has 2 aromatic rings. The molecule has 3 N–H and O–H groups in total. The summed E-state index contributed by atoms with van der Waals surface area (Å²) in [5, 5.41) is 3.59. The summed E-state index contributed by atoms with van der Waals surface area (Å²) < 4.78 is 44.3. The predicted octanol–water partition coefficient (Wildman–Crippen LogP) is 1.94. The molecule has 0 saturated heterocycles. The number of methoxy groups -OCH3 is 1. The van der Waals surface area contributed by atoms with Crippen molar-refractivity contribution in [2.24, 2.45) is 0 Å². The molecule has 3 rings (SSSR count). The highest BCUT2D eigenvalue weighted by Gasteiger charge is 2.17. The van der Waals surface area contributed by atoms with Gasteiger partial charge in [-0.3, -0.25) is 9.59 Å². The summed E-state index contributed by atoms with van der Waals surface area (Å²) in [6, 6.07) is 5.11. The second-order valence-corrected chi connectivity index (χ2v) is 8.24. The van der Waals surface area contributed by atoms with E-state index in [4.69, 9.17) is 14.3 Å². The number of carbonyl (C=O) groups is 1. The van der Waals surface area contributed by atoms with Gasteiger partial charge in [-0.25, -0.2) is 13.4 Å². The van der Waals surface area contributed by atoms with Crippen LogP contribution in [0.5, 0.6) is 5.75 Å². The molecular formula is C19H20FN3O5S. The number of amides is 1. The standard InChI is InChI=1S/C19H20FN3O5S/c1-27-17-4-3-13(10-15(17)20)29(21,26)8-2-6-22-18(24)14-9-12-11-28-7-5-16(12)23-19(14)25/h2-4,8-10,21H,5-7,11H2,1H3,(H,22,24)(H,23,25)/b8-2+. The van der Waals surface area contributed by atoms with E-state index in [-0.39, 0.29) is 22.8 Å². The SMILES string of the molecule is COc1ccc(S(=N)(=O)/C=C/CNC(=O)c2cc3c([nH]c2=O)CCOC3)cc1F. The molecule has 1 aromatic heterocycles. The van der Waals surface area contributed by atoms with E-state index in [0.717, 1.165) is 22.7 Å². The zero-order chi connectivity index (χ0) is 21.0. The molecule has 0 aliphatic carbocycles. The van der Waals surface area contributed by atoms with E-state index in [9.17, 15) is 18.2 Å². The third-order valence-electron chi connectivity index (χ3n) is 4.36. The van der Waals surface area contributed by atoms with Gasteiger partial charge in [-0.2, -0.15) is 0 Å². The maximum absolute atomic E-state index is 13.8. The summed E-state index contributed by atoms with van der Waals surface area (Å²) in [5.74, 6) is -1.33. The van der Waals surface area contributed by atoms with Crippen LogP contribution in [-0.2, 0) is 27.5 Å². The lowest BCUT2D eigenvalue weighted by Crippen LogP contribution is -2.31. The summed E-state index contributed by atoms with van der Waals surface area (Å²) >= 11 is 0. The van der Waals surface area contributed by atoms with Gasteiger partial charge in [-0.15, -0.1) is 0 Å². The molecule has 10 heteroatoms. The van der Waals surface area contributed by atoms with Gasteiger partial charge >= 0.3 is 0 Å². The minimum Gasteiger partial charge on any atom is -0.494 e. The summed E-state index contributed by atoms with van der Waals surface area (Å²) in [5.41, 5.74) is 0.974. The predicted molar refractivity (Wildman–Crippen MR) is 104 cm³/mol. The van der Waals surface area contributed by atoms with Gasteiger partial charge in [0.15, 0.2) is 11.6 Å². The van der Waals surface area contributed by atoms with Crippen LogP contribution in [0.3, 0.4) is 0 Å². The van der Waals surface area contributed by atoms with Crippen LogP contribution in [0, 0.1) is 10.6 Å². The van der Waals surface area contributed by atoms with Gasteiger partial charge in [0.05, 0.1) is 34.9 Å². The molecule has 0 spiro atoms. The Labute approximate surface area is 166 Å². The smallest absolute Gasteiger partial charge is 0.261 e. The molecule has 1 aromatic carbocycles. The highest BCUT2D eigenvalue weighted by molar-refractivity contribution is 7.95. The molecule has 0 radical (unpaired) electrons. The summed E-state index contributed by atoms with van der Waals surface area (Å²) in [6.07, 6.45) is 1.91. The number of hydrogen-bond donors (Lipinski definition) is 3. The molecule has 1 unspecified atom stereocenters. The lowest BCUT2D eigenvalue weighted by Gasteiger charge is -2.16. The maximum Gasteiger partial charge on any atom is 0.261 e. The van der Waals surface area contributed by atoms with E-state index >= 15 is 0 Å². The Morgan fingerprint density at radius 3 is 2.97 bits per heavy atom. The summed E-state index contributed by atoms with van der Waals surface area (Å²) in [6.45, 7) is 0.787. The lowest BCUT2D eigenvalue weighted by atomic mass is 10.1. The number of nitrogens with one attached hydrogen (secondary N) is 3. The average molecular weight is 421 g/mol. The van der Waals surface area contributed by atoms with E-state index in [1.54, 1.807) is 0 Å². The average Bonchev–Trinajstić information content (AvgIpc) is 2.70. The fourth-order valence-electron chi connectivity index (χ4n) is 2.83. The van der Waals surface area contributed by atoms with Crippen molar-refractivity contribution in [3.63, 3.8) is 0 Å². The number of aromatic nitrogens is 1. The highest BCUT2D eigenvalue weighted by Crippen LogP contribution is 2.22. The zero-order valence-electron chi connectivity index (χ0n) is 15.6. The molecule has 1 amide bonds. The Morgan fingerprint density at radius 2 is 2.24 bits per heavy atom. The molecule has 8 nitrogen and oxygen atoms in total. The number of pyridine rings is 1. The number of rotatable bonds is 6.